The normalized spacial score (nSPS) is 12.3. The van der Waals surface area contributed by atoms with Crippen molar-refractivity contribution < 1.29 is 4.92 Å². The third-order valence-corrected chi connectivity index (χ3v) is 2.61. The molecule has 0 saturated carbocycles. The van der Waals surface area contributed by atoms with Gasteiger partial charge in [-0.2, -0.15) is 0 Å². The van der Waals surface area contributed by atoms with E-state index in [2.05, 4.69) is 10.3 Å². The summed E-state index contributed by atoms with van der Waals surface area (Å²) in [6.07, 6.45) is 3.12. The molecule has 0 amide bonds. The highest BCUT2D eigenvalue weighted by molar-refractivity contribution is 5.99. The van der Waals surface area contributed by atoms with Crippen molar-refractivity contribution in [3.63, 3.8) is 0 Å². The predicted molar refractivity (Wildman–Crippen MR) is 70.5 cm³/mol. The highest BCUT2D eigenvalue weighted by Crippen LogP contribution is 2.30. The topological polar surface area (TPSA) is 94.1 Å². The fraction of sp³-hybridized carbons (Fsp3) is 0.250. The molecule has 6 heteroatoms. The standard InChI is InChI=1S/C12H14N4O2/c1-8(13)6-15-11-2-3-12(16(17)18)10-7-14-5-4-9(10)11/h2-5,7-8,15H,6,13H2,1H3. The number of nitro benzene ring substituents is 1. The summed E-state index contributed by atoms with van der Waals surface area (Å²) in [5.74, 6) is 0. The molecule has 18 heavy (non-hydrogen) atoms. The molecule has 3 N–H and O–H groups in total. The van der Waals surface area contributed by atoms with Crippen LogP contribution in [0.25, 0.3) is 10.8 Å². The Kier molecular flexibility index (Phi) is 3.38. The van der Waals surface area contributed by atoms with Crippen LogP contribution >= 0.6 is 0 Å². The van der Waals surface area contributed by atoms with Gasteiger partial charge in [0.15, 0.2) is 0 Å². The van der Waals surface area contributed by atoms with Crippen LogP contribution in [0.4, 0.5) is 11.4 Å². The second kappa shape index (κ2) is 4.97. The summed E-state index contributed by atoms with van der Waals surface area (Å²) in [5.41, 5.74) is 6.57. The molecule has 0 aliphatic rings. The Balaban J connectivity index is 2.50. The van der Waals surface area contributed by atoms with Gasteiger partial charge in [-0.25, -0.2) is 0 Å². The van der Waals surface area contributed by atoms with Gasteiger partial charge in [-0.1, -0.05) is 0 Å². The summed E-state index contributed by atoms with van der Waals surface area (Å²) in [5, 5.41) is 15.4. The van der Waals surface area contributed by atoms with Crippen LogP contribution in [0.5, 0.6) is 0 Å². The van der Waals surface area contributed by atoms with Gasteiger partial charge >= 0.3 is 0 Å². The zero-order valence-corrected chi connectivity index (χ0v) is 9.96. The van der Waals surface area contributed by atoms with E-state index >= 15 is 0 Å². The van der Waals surface area contributed by atoms with E-state index in [0.717, 1.165) is 11.1 Å². The number of rotatable bonds is 4. The Morgan fingerprint density at radius 1 is 1.44 bits per heavy atom. The first-order chi connectivity index (χ1) is 8.59. The second-order valence-electron chi connectivity index (χ2n) is 4.17. The van der Waals surface area contributed by atoms with Crippen LogP contribution in [0.2, 0.25) is 0 Å². The van der Waals surface area contributed by atoms with Crippen molar-refractivity contribution in [2.24, 2.45) is 5.73 Å². The smallest absolute Gasteiger partial charge is 0.278 e. The van der Waals surface area contributed by atoms with E-state index in [9.17, 15) is 10.1 Å². The summed E-state index contributed by atoms with van der Waals surface area (Å²) in [7, 11) is 0. The van der Waals surface area contributed by atoms with Gasteiger partial charge in [-0.05, 0) is 19.1 Å². The minimum atomic E-state index is -0.403. The maximum atomic E-state index is 10.9. The van der Waals surface area contributed by atoms with Gasteiger partial charge in [0.05, 0.1) is 10.3 Å². The zero-order chi connectivity index (χ0) is 13.1. The summed E-state index contributed by atoms with van der Waals surface area (Å²) < 4.78 is 0. The number of nitrogens with one attached hydrogen (secondary N) is 1. The van der Waals surface area contributed by atoms with Crippen LogP contribution < -0.4 is 11.1 Å². The number of nitrogens with two attached hydrogens (primary N) is 1. The van der Waals surface area contributed by atoms with Gasteiger partial charge in [0.25, 0.3) is 5.69 Å². The number of nitrogens with zero attached hydrogens (tertiary/aromatic N) is 2. The number of hydrogen-bond donors (Lipinski definition) is 2. The van der Waals surface area contributed by atoms with Gasteiger partial charge in [0.2, 0.25) is 0 Å². The van der Waals surface area contributed by atoms with E-state index in [1.54, 1.807) is 18.3 Å². The molecule has 1 unspecified atom stereocenters. The van der Waals surface area contributed by atoms with Crippen molar-refractivity contribution in [1.29, 1.82) is 0 Å². The molecule has 0 spiro atoms. The molecule has 94 valence electrons. The molecule has 1 atom stereocenters. The van der Waals surface area contributed by atoms with Crippen molar-refractivity contribution in [3.05, 3.63) is 40.7 Å². The molecule has 0 radical (unpaired) electrons. The lowest BCUT2D eigenvalue weighted by Gasteiger charge is -2.11. The molecule has 0 bridgehead atoms. The third-order valence-electron chi connectivity index (χ3n) is 2.61. The number of anilines is 1. The number of non-ortho nitro benzene ring substituents is 1. The molecule has 6 nitrogen and oxygen atoms in total. The Bertz CT molecular complexity index is 583. The van der Waals surface area contributed by atoms with Crippen molar-refractivity contribution in [1.82, 2.24) is 4.98 Å². The van der Waals surface area contributed by atoms with E-state index in [4.69, 9.17) is 5.73 Å². The molecule has 0 aliphatic heterocycles. The number of hydrogen-bond acceptors (Lipinski definition) is 5. The van der Waals surface area contributed by atoms with Crippen molar-refractivity contribution in [2.45, 2.75) is 13.0 Å². The number of pyridine rings is 1. The average Bonchev–Trinajstić information content (AvgIpc) is 2.35. The first kappa shape index (κ1) is 12.3. The van der Waals surface area contributed by atoms with Gasteiger partial charge < -0.3 is 11.1 Å². The molecule has 1 heterocycles. The lowest BCUT2D eigenvalue weighted by molar-refractivity contribution is -0.383. The van der Waals surface area contributed by atoms with Gasteiger partial charge in [0, 0.05) is 42.1 Å². The van der Waals surface area contributed by atoms with Crippen molar-refractivity contribution >= 4 is 22.1 Å². The molecule has 0 fully saturated rings. The minimum Gasteiger partial charge on any atom is -0.383 e. The summed E-state index contributed by atoms with van der Waals surface area (Å²) in [6.45, 7) is 2.50. The SMILES string of the molecule is CC(N)CNc1ccc([N+](=O)[O-])c2cnccc12. The summed E-state index contributed by atoms with van der Waals surface area (Å²) in [4.78, 5) is 14.5. The van der Waals surface area contributed by atoms with Crippen molar-refractivity contribution in [2.75, 3.05) is 11.9 Å². The van der Waals surface area contributed by atoms with Gasteiger partial charge in [0.1, 0.15) is 0 Å². The van der Waals surface area contributed by atoms with Crippen LogP contribution in [-0.2, 0) is 0 Å². The average molecular weight is 246 g/mol. The molecule has 1 aromatic carbocycles. The summed E-state index contributed by atoms with van der Waals surface area (Å²) in [6, 6.07) is 4.94. The molecule has 2 aromatic rings. The molecule has 2 rings (SSSR count). The van der Waals surface area contributed by atoms with Crippen LogP contribution in [0.1, 0.15) is 6.92 Å². The van der Waals surface area contributed by atoms with Crippen LogP contribution in [0.15, 0.2) is 30.6 Å². The van der Waals surface area contributed by atoms with Crippen molar-refractivity contribution in [3.8, 4) is 0 Å². The minimum absolute atomic E-state index is 0.0112. The van der Waals surface area contributed by atoms with Gasteiger partial charge in [-0.15, -0.1) is 0 Å². The monoisotopic (exact) mass is 246 g/mol. The highest BCUT2D eigenvalue weighted by Gasteiger charge is 2.14. The Morgan fingerprint density at radius 2 is 2.22 bits per heavy atom. The number of nitro groups is 1. The molecule has 0 aliphatic carbocycles. The zero-order valence-electron chi connectivity index (χ0n) is 9.96. The van der Waals surface area contributed by atoms with E-state index in [1.807, 2.05) is 6.92 Å². The molecule has 0 saturated heterocycles. The number of fused-ring (bicyclic) bond motifs is 1. The lowest BCUT2D eigenvalue weighted by atomic mass is 10.1. The van der Waals surface area contributed by atoms with Crippen LogP contribution in [-0.4, -0.2) is 22.5 Å². The maximum Gasteiger partial charge on any atom is 0.278 e. The Morgan fingerprint density at radius 3 is 2.89 bits per heavy atom. The first-order valence-electron chi connectivity index (χ1n) is 5.60. The maximum absolute atomic E-state index is 10.9. The second-order valence-corrected chi connectivity index (χ2v) is 4.17. The predicted octanol–water partition coefficient (Wildman–Crippen LogP) is 1.90. The fourth-order valence-electron chi connectivity index (χ4n) is 1.76. The molecular formula is C12H14N4O2. The largest absolute Gasteiger partial charge is 0.383 e. The van der Waals surface area contributed by atoms with E-state index in [-0.39, 0.29) is 11.7 Å². The summed E-state index contributed by atoms with van der Waals surface area (Å²) >= 11 is 0. The van der Waals surface area contributed by atoms with Crippen LogP contribution in [0, 0.1) is 10.1 Å². The highest BCUT2D eigenvalue weighted by atomic mass is 16.6. The Hall–Kier alpha value is -2.21. The van der Waals surface area contributed by atoms with E-state index < -0.39 is 4.92 Å². The van der Waals surface area contributed by atoms with E-state index in [0.29, 0.717) is 11.9 Å². The van der Waals surface area contributed by atoms with Gasteiger partial charge in [-0.3, -0.25) is 15.1 Å². The molecular weight excluding hydrogens is 232 g/mol. The van der Waals surface area contributed by atoms with E-state index in [1.165, 1.54) is 12.3 Å². The fourth-order valence-corrected chi connectivity index (χ4v) is 1.76. The third kappa shape index (κ3) is 2.38. The Labute approximate surface area is 104 Å². The number of aromatic nitrogens is 1. The lowest BCUT2D eigenvalue weighted by Crippen LogP contribution is -2.25. The number of benzene rings is 1. The first-order valence-corrected chi connectivity index (χ1v) is 5.60. The molecule has 1 aromatic heterocycles. The van der Waals surface area contributed by atoms with Crippen LogP contribution in [0.3, 0.4) is 0 Å². The quantitative estimate of drug-likeness (QED) is 0.634.